The number of pyridine rings is 1. The fourth-order valence-corrected chi connectivity index (χ4v) is 5.55. The maximum Gasteiger partial charge on any atom is 0.340 e. The summed E-state index contributed by atoms with van der Waals surface area (Å²) in [4.78, 5) is 46.8. The molecule has 0 unspecified atom stereocenters. The monoisotopic (exact) mass is 633 g/mol. The van der Waals surface area contributed by atoms with Crippen LogP contribution in [-0.4, -0.2) is 67.7 Å². The first kappa shape index (κ1) is 31.2. The van der Waals surface area contributed by atoms with Gasteiger partial charge in [-0.15, -0.1) is 0 Å². The lowest BCUT2D eigenvalue weighted by Gasteiger charge is -2.35. The van der Waals surface area contributed by atoms with E-state index < -0.39 is 5.97 Å². The van der Waals surface area contributed by atoms with Crippen molar-refractivity contribution < 1.29 is 28.3 Å². The number of ether oxygens (including phenoxy) is 2. The number of hydrogen-bond acceptors (Lipinski definition) is 8. The normalized spacial score (nSPS) is 12.9. The highest BCUT2D eigenvalue weighted by atomic mass is 16.5. The van der Waals surface area contributed by atoms with E-state index in [-0.39, 0.29) is 24.3 Å². The molecule has 2 aromatic heterocycles. The Labute approximate surface area is 272 Å². The van der Waals surface area contributed by atoms with Crippen LogP contribution in [-0.2, 0) is 4.74 Å². The Kier molecular flexibility index (Phi) is 9.05. The number of anilines is 3. The van der Waals surface area contributed by atoms with Gasteiger partial charge in [-0.2, -0.15) is 0 Å². The second-order valence-corrected chi connectivity index (χ2v) is 11.0. The predicted octanol–water partition coefficient (Wildman–Crippen LogP) is 6.59. The summed E-state index contributed by atoms with van der Waals surface area (Å²) in [5.41, 5.74) is 4.69. The summed E-state index contributed by atoms with van der Waals surface area (Å²) < 4.78 is 16.3. The van der Waals surface area contributed by atoms with Crippen LogP contribution in [0.4, 0.5) is 22.0 Å². The van der Waals surface area contributed by atoms with Crippen LogP contribution < -0.4 is 20.3 Å². The molecule has 11 nitrogen and oxygen atoms in total. The first-order valence-corrected chi connectivity index (χ1v) is 15.4. The Morgan fingerprint density at radius 2 is 1.64 bits per heavy atom. The van der Waals surface area contributed by atoms with Crippen LogP contribution in [0.3, 0.4) is 0 Å². The number of methoxy groups -OCH3 is 1. The number of benzene rings is 3. The molecular formula is C36H35N5O6. The maximum absolute atomic E-state index is 13.2. The number of piperazine rings is 1. The summed E-state index contributed by atoms with van der Waals surface area (Å²) in [5, 5.41) is 6.60. The first-order valence-electron chi connectivity index (χ1n) is 15.4. The molecule has 0 radical (unpaired) electrons. The van der Waals surface area contributed by atoms with Gasteiger partial charge in [0.05, 0.1) is 36.9 Å². The lowest BCUT2D eigenvalue weighted by molar-refractivity contribution is 0.0527. The minimum atomic E-state index is -0.481. The Bertz CT molecular complexity index is 1910. The number of carbonyl (C=O) groups is 3. The molecule has 3 aromatic carbocycles. The molecule has 5 aromatic rings. The largest absolute Gasteiger partial charge is 0.497 e. The third-order valence-electron chi connectivity index (χ3n) is 8.13. The van der Waals surface area contributed by atoms with Crippen molar-refractivity contribution in [2.24, 2.45) is 0 Å². The molecule has 2 N–H and O–H groups in total. The van der Waals surface area contributed by atoms with E-state index >= 15 is 0 Å². The van der Waals surface area contributed by atoms with Gasteiger partial charge in [-0.05, 0) is 73.5 Å². The summed E-state index contributed by atoms with van der Waals surface area (Å²) in [6, 6.07) is 23.8. The van der Waals surface area contributed by atoms with E-state index in [1.807, 2.05) is 55.5 Å². The van der Waals surface area contributed by atoms with Crippen molar-refractivity contribution in [1.29, 1.82) is 0 Å². The van der Waals surface area contributed by atoms with Gasteiger partial charge in [0, 0.05) is 37.1 Å². The molecule has 0 saturated carbocycles. The van der Waals surface area contributed by atoms with Crippen molar-refractivity contribution in [3.63, 3.8) is 0 Å². The van der Waals surface area contributed by atoms with Gasteiger partial charge in [0.1, 0.15) is 17.2 Å². The predicted molar refractivity (Wildman–Crippen MR) is 180 cm³/mol. The van der Waals surface area contributed by atoms with Gasteiger partial charge in [-0.1, -0.05) is 30.3 Å². The summed E-state index contributed by atoms with van der Waals surface area (Å²) in [7, 11) is 1.64. The average molecular weight is 634 g/mol. The van der Waals surface area contributed by atoms with Gasteiger partial charge in [0.15, 0.2) is 5.76 Å². The van der Waals surface area contributed by atoms with Crippen molar-refractivity contribution in [2.45, 2.75) is 13.8 Å². The van der Waals surface area contributed by atoms with Gasteiger partial charge in [-0.3, -0.25) is 4.79 Å². The Morgan fingerprint density at radius 3 is 2.34 bits per heavy atom. The molecule has 3 heterocycles. The Balaban J connectivity index is 1.05. The van der Waals surface area contributed by atoms with Crippen molar-refractivity contribution in [3.05, 3.63) is 102 Å². The standard InChI is InChI=1S/C36H35N5O6/c1-4-46-35(43)28-7-5-6-8-30(28)39-36(44)41-19-17-40(18-20-41)32-16-12-26(22-37-32)38-34(42)33-23(2)29-21-25(11-15-31(29)47-33)24-9-13-27(45-3)14-10-24/h5-16,21-22H,4,17-20H2,1-3H3,(H,38,42)(H,39,44). The fraction of sp³-hybridized carbons (Fsp3) is 0.222. The number of nitrogens with zero attached hydrogens (tertiary/aromatic N) is 3. The number of furan rings is 1. The van der Waals surface area contributed by atoms with Gasteiger partial charge in [0.25, 0.3) is 5.91 Å². The summed E-state index contributed by atoms with van der Waals surface area (Å²) in [6.45, 7) is 5.95. The zero-order chi connectivity index (χ0) is 32.9. The van der Waals surface area contributed by atoms with Crippen LogP contribution >= 0.6 is 0 Å². The molecule has 0 aliphatic carbocycles. The fourth-order valence-electron chi connectivity index (χ4n) is 5.55. The molecule has 0 atom stereocenters. The quantitative estimate of drug-likeness (QED) is 0.183. The third kappa shape index (κ3) is 6.74. The van der Waals surface area contributed by atoms with Gasteiger partial charge < -0.3 is 34.3 Å². The molecule has 3 amide bonds. The SMILES string of the molecule is CCOC(=O)c1ccccc1NC(=O)N1CCN(c2ccc(NC(=O)c3oc4ccc(-c5ccc(OC)cc5)cc4c3C)cn2)CC1. The van der Waals surface area contributed by atoms with Crippen LogP contribution in [0.5, 0.6) is 5.75 Å². The highest BCUT2D eigenvalue weighted by Gasteiger charge is 2.24. The first-order chi connectivity index (χ1) is 22.8. The van der Waals surface area contributed by atoms with E-state index in [0.717, 1.165) is 33.6 Å². The second-order valence-electron chi connectivity index (χ2n) is 11.0. The van der Waals surface area contributed by atoms with E-state index in [9.17, 15) is 14.4 Å². The van der Waals surface area contributed by atoms with Crippen molar-refractivity contribution in [2.75, 3.05) is 55.4 Å². The third-order valence-corrected chi connectivity index (χ3v) is 8.13. The van der Waals surface area contributed by atoms with E-state index in [1.54, 1.807) is 55.5 Å². The molecule has 0 bridgehead atoms. The number of rotatable bonds is 8. The van der Waals surface area contributed by atoms with E-state index in [4.69, 9.17) is 13.9 Å². The number of carbonyl (C=O) groups excluding carboxylic acids is 3. The second kappa shape index (κ2) is 13.7. The molecule has 6 rings (SSSR count). The lowest BCUT2D eigenvalue weighted by atomic mass is 10.0. The molecule has 11 heteroatoms. The minimum Gasteiger partial charge on any atom is -0.497 e. The summed E-state index contributed by atoms with van der Waals surface area (Å²) in [6.07, 6.45) is 1.61. The van der Waals surface area contributed by atoms with Crippen molar-refractivity contribution in [1.82, 2.24) is 9.88 Å². The van der Waals surface area contributed by atoms with Crippen LogP contribution in [0.25, 0.3) is 22.1 Å². The van der Waals surface area contributed by atoms with E-state index in [0.29, 0.717) is 48.7 Å². The number of aryl methyl sites for hydroxylation is 1. The topological polar surface area (TPSA) is 126 Å². The zero-order valence-corrected chi connectivity index (χ0v) is 26.4. The number of para-hydroxylation sites is 1. The van der Waals surface area contributed by atoms with Gasteiger partial charge in [-0.25, -0.2) is 14.6 Å². The molecule has 240 valence electrons. The van der Waals surface area contributed by atoms with Crippen LogP contribution in [0.2, 0.25) is 0 Å². The highest BCUT2D eigenvalue weighted by molar-refractivity contribution is 6.07. The van der Waals surface area contributed by atoms with Crippen LogP contribution in [0.1, 0.15) is 33.4 Å². The number of hydrogen-bond donors (Lipinski definition) is 2. The maximum atomic E-state index is 13.2. The van der Waals surface area contributed by atoms with Crippen LogP contribution in [0, 0.1) is 6.92 Å². The molecule has 47 heavy (non-hydrogen) atoms. The highest BCUT2D eigenvalue weighted by Crippen LogP contribution is 2.31. The molecular weight excluding hydrogens is 598 g/mol. The number of esters is 1. The number of urea groups is 1. The molecule has 0 spiro atoms. The average Bonchev–Trinajstić information content (AvgIpc) is 3.44. The molecule has 1 aliphatic rings. The minimum absolute atomic E-state index is 0.246. The van der Waals surface area contributed by atoms with Crippen molar-refractivity contribution >= 4 is 46.1 Å². The van der Waals surface area contributed by atoms with E-state index in [2.05, 4.69) is 20.5 Å². The Hall–Kier alpha value is -5.84. The van der Waals surface area contributed by atoms with Crippen molar-refractivity contribution in [3.8, 4) is 16.9 Å². The molecule has 1 saturated heterocycles. The number of nitrogens with one attached hydrogen (secondary N) is 2. The number of fused-ring (bicyclic) bond motifs is 1. The number of aromatic nitrogens is 1. The van der Waals surface area contributed by atoms with Crippen LogP contribution in [0.15, 0.2) is 89.5 Å². The smallest absolute Gasteiger partial charge is 0.340 e. The zero-order valence-electron chi connectivity index (χ0n) is 26.4. The van der Waals surface area contributed by atoms with Gasteiger partial charge >= 0.3 is 12.0 Å². The van der Waals surface area contributed by atoms with E-state index in [1.165, 1.54) is 0 Å². The summed E-state index contributed by atoms with van der Waals surface area (Å²) in [5.74, 6) is 0.932. The Morgan fingerprint density at radius 1 is 0.894 bits per heavy atom. The van der Waals surface area contributed by atoms with Gasteiger partial charge in [0.2, 0.25) is 0 Å². The molecule has 1 aliphatic heterocycles. The molecule has 1 fully saturated rings. The number of amides is 3. The lowest BCUT2D eigenvalue weighted by Crippen LogP contribution is -2.50. The summed E-state index contributed by atoms with van der Waals surface area (Å²) >= 11 is 0.